The first-order valence-corrected chi connectivity index (χ1v) is 8.08. The van der Waals surface area contributed by atoms with Crippen LogP contribution in [0.15, 0.2) is 24.5 Å². The fraction of sp³-hybridized carbons (Fsp3) is 0.588. The molecule has 0 aromatic carbocycles. The van der Waals surface area contributed by atoms with Crippen molar-refractivity contribution >= 4 is 11.8 Å². The standard InChI is InChI=1S/C17H25N3O2/c1-3-4-5-6-10-19-17(22)14-11-15(21)20(2)16(14)13-8-7-9-18-12-13/h7-9,12,14,16H,3-6,10-11H2,1-2H3,(H,19,22)/t14-,16+/m1/s1. The molecule has 2 heterocycles. The van der Waals surface area contributed by atoms with Crippen LogP contribution in [0.5, 0.6) is 0 Å². The van der Waals surface area contributed by atoms with Gasteiger partial charge in [-0.15, -0.1) is 0 Å². The zero-order valence-electron chi connectivity index (χ0n) is 13.4. The van der Waals surface area contributed by atoms with Crippen LogP contribution < -0.4 is 5.32 Å². The minimum Gasteiger partial charge on any atom is -0.356 e. The van der Waals surface area contributed by atoms with Crippen LogP contribution in [0.2, 0.25) is 0 Å². The number of nitrogens with zero attached hydrogens (tertiary/aromatic N) is 2. The summed E-state index contributed by atoms with van der Waals surface area (Å²) in [4.78, 5) is 30.2. The second-order valence-corrected chi connectivity index (χ2v) is 5.90. The van der Waals surface area contributed by atoms with Crippen LogP contribution in [0.1, 0.15) is 50.6 Å². The normalized spacial score (nSPS) is 21.2. The number of likely N-dealkylation sites (tertiary alicyclic amines) is 1. The van der Waals surface area contributed by atoms with Gasteiger partial charge in [-0.2, -0.15) is 0 Å². The van der Waals surface area contributed by atoms with E-state index in [1.807, 2.05) is 12.1 Å². The summed E-state index contributed by atoms with van der Waals surface area (Å²) in [5.41, 5.74) is 0.919. The summed E-state index contributed by atoms with van der Waals surface area (Å²) < 4.78 is 0. The Morgan fingerprint density at radius 1 is 1.41 bits per heavy atom. The smallest absolute Gasteiger partial charge is 0.226 e. The first-order valence-electron chi connectivity index (χ1n) is 8.08. The van der Waals surface area contributed by atoms with Crippen LogP contribution in [0.25, 0.3) is 0 Å². The Hall–Kier alpha value is -1.91. The van der Waals surface area contributed by atoms with E-state index in [1.54, 1.807) is 24.3 Å². The Morgan fingerprint density at radius 2 is 2.23 bits per heavy atom. The predicted octanol–water partition coefficient (Wildman–Crippen LogP) is 2.30. The molecule has 22 heavy (non-hydrogen) atoms. The molecule has 0 bridgehead atoms. The number of unbranched alkanes of at least 4 members (excludes halogenated alkanes) is 3. The third-order valence-corrected chi connectivity index (χ3v) is 4.28. The van der Waals surface area contributed by atoms with Crippen molar-refractivity contribution in [3.05, 3.63) is 30.1 Å². The second-order valence-electron chi connectivity index (χ2n) is 5.90. The van der Waals surface area contributed by atoms with Gasteiger partial charge in [-0.25, -0.2) is 0 Å². The van der Waals surface area contributed by atoms with Gasteiger partial charge in [0.2, 0.25) is 11.8 Å². The van der Waals surface area contributed by atoms with Gasteiger partial charge in [-0.1, -0.05) is 32.3 Å². The molecule has 1 aromatic rings. The van der Waals surface area contributed by atoms with Crippen molar-refractivity contribution in [2.75, 3.05) is 13.6 Å². The summed E-state index contributed by atoms with van der Waals surface area (Å²) >= 11 is 0. The van der Waals surface area contributed by atoms with Crippen LogP contribution in [-0.2, 0) is 9.59 Å². The molecule has 5 nitrogen and oxygen atoms in total. The number of hydrogen-bond donors (Lipinski definition) is 1. The fourth-order valence-corrected chi connectivity index (χ4v) is 3.01. The Bertz CT molecular complexity index is 504. The van der Waals surface area contributed by atoms with Gasteiger partial charge in [0.1, 0.15) is 0 Å². The maximum Gasteiger partial charge on any atom is 0.226 e. The number of nitrogens with one attached hydrogen (secondary N) is 1. The van der Waals surface area contributed by atoms with Gasteiger partial charge in [-0.3, -0.25) is 14.6 Å². The van der Waals surface area contributed by atoms with Crippen molar-refractivity contribution in [3.63, 3.8) is 0 Å². The van der Waals surface area contributed by atoms with Gasteiger partial charge in [0, 0.05) is 32.4 Å². The van der Waals surface area contributed by atoms with E-state index in [0.717, 1.165) is 18.4 Å². The maximum atomic E-state index is 12.4. The highest BCUT2D eigenvalue weighted by molar-refractivity contribution is 5.90. The molecular weight excluding hydrogens is 278 g/mol. The van der Waals surface area contributed by atoms with Crippen LogP contribution >= 0.6 is 0 Å². The van der Waals surface area contributed by atoms with Gasteiger partial charge >= 0.3 is 0 Å². The van der Waals surface area contributed by atoms with Crippen molar-refractivity contribution in [2.45, 2.75) is 45.1 Å². The number of hydrogen-bond acceptors (Lipinski definition) is 3. The molecule has 0 unspecified atom stereocenters. The topological polar surface area (TPSA) is 62.3 Å². The van der Waals surface area contributed by atoms with Gasteiger partial charge in [0.15, 0.2) is 0 Å². The fourth-order valence-electron chi connectivity index (χ4n) is 3.01. The summed E-state index contributed by atoms with van der Waals surface area (Å²) in [7, 11) is 1.76. The largest absolute Gasteiger partial charge is 0.356 e. The summed E-state index contributed by atoms with van der Waals surface area (Å²) in [5, 5.41) is 2.99. The van der Waals surface area contributed by atoms with E-state index in [9.17, 15) is 9.59 Å². The van der Waals surface area contributed by atoms with E-state index in [0.29, 0.717) is 6.54 Å². The van der Waals surface area contributed by atoms with Crippen molar-refractivity contribution in [1.29, 1.82) is 0 Å². The number of rotatable bonds is 7. The van der Waals surface area contributed by atoms with Crippen LogP contribution in [0.3, 0.4) is 0 Å². The molecule has 1 aromatic heterocycles. The van der Waals surface area contributed by atoms with Crippen LogP contribution in [-0.4, -0.2) is 35.3 Å². The third-order valence-electron chi connectivity index (χ3n) is 4.28. The Labute approximate surface area is 132 Å². The maximum absolute atomic E-state index is 12.4. The molecule has 2 atom stereocenters. The van der Waals surface area contributed by atoms with Crippen molar-refractivity contribution < 1.29 is 9.59 Å². The number of pyridine rings is 1. The second kappa shape index (κ2) is 7.92. The SMILES string of the molecule is CCCCCCNC(=O)[C@@H]1CC(=O)N(C)[C@H]1c1cccnc1. The number of carbonyl (C=O) groups excluding carboxylic acids is 2. The zero-order valence-corrected chi connectivity index (χ0v) is 13.4. The van der Waals surface area contributed by atoms with E-state index in [-0.39, 0.29) is 30.2 Å². The molecule has 0 aliphatic carbocycles. The summed E-state index contributed by atoms with van der Waals surface area (Å²) in [5.74, 6) is -0.337. The van der Waals surface area contributed by atoms with E-state index in [2.05, 4.69) is 17.2 Å². The molecule has 1 aliphatic heterocycles. The lowest BCUT2D eigenvalue weighted by Crippen LogP contribution is -2.35. The lowest BCUT2D eigenvalue weighted by atomic mass is 9.94. The first kappa shape index (κ1) is 16.5. The summed E-state index contributed by atoms with van der Waals surface area (Å²) in [6.45, 7) is 2.85. The third kappa shape index (κ3) is 3.84. The molecule has 1 aliphatic rings. The molecule has 5 heteroatoms. The molecule has 2 rings (SSSR count). The number of amides is 2. The minimum absolute atomic E-state index is 0.0139. The molecule has 120 valence electrons. The number of aromatic nitrogens is 1. The van der Waals surface area contributed by atoms with Gasteiger partial charge in [0.05, 0.1) is 12.0 Å². The Balaban J connectivity index is 1.98. The predicted molar refractivity (Wildman–Crippen MR) is 85.0 cm³/mol. The van der Waals surface area contributed by atoms with E-state index in [1.165, 1.54) is 12.8 Å². The molecule has 1 fully saturated rings. The van der Waals surface area contributed by atoms with Gasteiger partial charge < -0.3 is 10.2 Å². The average Bonchev–Trinajstić information content (AvgIpc) is 2.83. The highest BCUT2D eigenvalue weighted by atomic mass is 16.2. The molecule has 1 saturated heterocycles. The summed E-state index contributed by atoms with van der Waals surface area (Å²) in [6.07, 6.45) is 8.21. The quantitative estimate of drug-likeness (QED) is 0.786. The average molecular weight is 303 g/mol. The first-order chi connectivity index (χ1) is 10.6. The molecule has 1 N–H and O–H groups in total. The highest BCUT2D eigenvalue weighted by Crippen LogP contribution is 2.36. The van der Waals surface area contributed by atoms with E-state index in [4.69, 9.17) is 0 Å². The van der Waals surface area contributed by atoms with E-state index >= 15 is 0 Å². The Kier molecular flexibility index (Phi) is 5.92. The van der Waals surface area contributed by atoms with E-state index < -0.39 is 0 Å². The molecular formula is C17H25N3O2. The van der Waals surface area contributed by atoms with Gasteiger partial charge in [0.25, 0.3) is 0 Å². The molecule has 0 spiro atoms. The lowest BCUT2D eigenvalue weighted by molar-refractivity contribution is -0.128. The summed E-state index contributed by atoms with van der Waals surface area (Å²) in [6, 6.07) is 3.55. The number of carbonyl (C=O) groups is 2. The van der Waals surface area contributed by atoms with Crippen molar-refractivity contribution in [1.82, 2.24) is 15.2 Å². The van der Waals surface area contributed by atoms with Crippen LogP contribution in [0, 0.1) is 5.92 Å². The zero-order chi connectivity index (χ0) is 15.9. The van der Waals surface area contributed by atoms with Crippen molar-refractivity contribution in [3.8, 4) is 0 Å². The highest BCUT2D eigenvalue weighted by Gasteiger charge is 2.42. The molecule has 0 radical (unpaired) electrons. The minimum atomic E-state index is -0.326. The monoisotopic (exact) mass is 303 g/mol. The molecule has 2 amide bonds. The van der Waals surface area contributed by atoms with Gasteiger partial charge in [-0.05, 0) is 18.1 Å². The van der Waals surface area contributed by atoms with Crippen LogP contribution in [0.4, 0.5) is 0 Å². The Morgan fingerprint density at radius 3 is 2.91 bits per heavy atom. The van der Waals surface area contributed by atoms with Crippen molar-refractivity contribution in [2.24, 2.45) is 5.92 Å². The lowest BCUT2D eigenvalue weighted by Gasteiger charge is -2.24. The molecule has 0 saturated carbocycles.